The van der Waals surface area contributed by atoms with Crippen LogP contribution in [0.15, 0.2) is 54.7 Å². The molecule has 2 aromatic carbocycles. The van der Waals surface area contributed by atoms with E-state index in [4.69, 9.17) is 4.74 Å². The normalized spacial score (nSPS) is 11.1. The van der Waals surface area contributed by atoms with E-state index in [-0.39, 0.29) is 5.91 Å². The van der Waals surface area contributed by atoms with E-state index < -0.39 is 0 Å². The van der Waals surface area contributed by atoms with Crippen molar-refractivity contribution in [3.8, 4) is 5.75 Å². The van der Waals surface area contributed by atoms with Crippen LogP contribution in [0.4, 0.5) is 5.69 Å². The van der Waals surface area contributed by atoms with Crippen molar-refractivity contribution in [2.75, 3.05) is 18.1 Å². The van der Waals surface area contributed by atoms with Crippen LogP contribution in [-0.2, 0) is 17.8 Å². The first-order chi connectivity index (χ1) is 19.5. The zero-order chi connectivity index (χ0) is 28.4. The fourth-order valence-corrected chi connectivity index (χ4v) is 5.08. The molecule has 1 heterocycles. The van der Waals surface area contributed by atoms with E-state index in [1.165, 1.54) is 76.2 Å². The van der Waals surface area contributed by atoms with Gasteiger partial charge in [0.05, 0.1) is 18.8 Å². The van der Waals surface area contributed by atoms with Gasteiger partial charge < -0.3 is 9.64 Å². The molecule has 6 nitrogen and oxygen atoms in total. The number of hydrogen-bond acceptors (Lipinski definition) is 4. The first-order valence-electron chi connectivity index (χ1n) is 15.5. The molecule has 0 aliphatic carbocycles. The number of rotatable bonds is 20. The summed E-state index contributed by atoms with van der Waals surface area (Å²) >= 11 is 0. The fourth-order valence-electron chi connectivity index (χ4n) is 5.08. The molecule has 0 N–H and O–H groups in total. The number of aromatic nitrogens is 3. The van der Waals surface area contributed by atoms with Crippen molar-refractivity contribution in [3.63, 3.8) is 0 Å². The van der Waals surface area contributed by atoms with Crippen LogP contribution in [0, 0.1) is 6.92 Å². The Morgan fingerprint density at radius 1 is 0.850 bits per heavy atom. The van der Waals surface area contributed by atoms with Gasteiger partial charge in [-0.2, -0.15) is 0 Å². The van der Waals surface area contributed by atoms with Gasteiger partial charge >= 0.3 is 0 Å². The highest BCUT2D eigenvalue weighted by Gasteiger charge is 2.12. The summed E-state index contributed by atoms with van der Waals surface area (Å²) in [6, 6.07) is 16.4. The van der Waals surface area contributed by atoms with E-state index in [0.29, 0.717) is 13.1 Å². The molecule has 0 atom stereocenters. The number of ether oxygens (including phenoxy) is 1. The van der Waals surface area contributed by atoms with Gasteiger partial charge in [-0.1, -0.05) is 107 Å². The van der Waals surface area contributed by atoms with Gasteiger partial charge in [-0.05, 0) is 55.2 Å². The second-order valence-electron chi connectivity index (χ2n) is 11.0. The van der Waals surface area contributed by atoms with Gasteiger partial charge in [0, 0.05) is 25.4 Å². The molecule has 6 heteroatoms. The molecule has 0 bridgehead atoms. The number of amides is 1. The van der Waals surface area contributed by atoms with Crippen LogP contribution < -0.4 is 9.64 Å². The van der Waals surface area contributed by atoms with Crippen molar-refractivity contribution in [3.05, 3.63) is 71.5 Å². The smallest absolute Gasteiger partial charge is 0.223 e. The molecule has 3 rings (SSSR count). The maximum Gasteiger partial charge on any atom is 0.223 e. The van der Waals surface area contributed by atoms with Gasteiger partial charge in [0.25, 0.3) is 0 Å². The predicted octanol–water partition coefficient (Wildman–Crippen LogP) is 8.31. The summed E-state index contributed by atoms with van der Waals surface area (Å²) in [6.07, 6.45) is 18.9. The molecule has 0 fully saturated rings. The number of aryl methyl sites for hydroxylation is 1. The fraction of sp³-hybridized carbons (Fsp3) is 0.559. The lowest BCUT2D eigenvalue weighted by atomic mass is 10.1. The van der Waals surface area contributed by atoms with E-state index in [0.717, 1.165) is 42.1 Å². The number of carbonyl (C=O) groups excluding carboxylic acids is 1. The Labute approximate surface area is 242 Å². The van der Waals surface area contributed by atoms with Gasteiger partial charge in [0.2, 0.25) is 5.91 Å². The van der Waals surface area contributed by atoms with Gasteiger partial charge in [0.1, 0.15) is 5.75 Å². The first-order valence-corrected chi connectivity index (χ1v) is 15.5. The van der Waals surface area contributed by atoms with Crippen LogP contribution in [0.3, 0.4) is 0 Å². The van der Waals surface area contributed by atoms with Gasteiger partial charge in [0.15, 0.2) is 0 Å². The third-order valence-electron chi connectivity index (χ3n) is 7.41. The summed E-state index contributed by atoms with van der Waals surface area (Å²) in [5.41, 5.74) is 4.08. The topological polar surface area (TPSA) is 60.2 Å². The quantitative estimate of drug-likeness (QED) is 0.134. The molecule has 218 valence electrons. The van der Waals surface area contributed by atoms with E-state index >= 15 is 0 Å². The van der Waals surface area contributed by atoms with Gasteiger partial charge in [-0.3, -0.25) is 4.79 Å². The second kappa shape index (κ2) is 18.2. The molecule has 0 spiro atoms. The van der Waals surface area contributed by atoms with E-state index in [1.54, 1.807) is 6.92 Å². The Bertz CT molecular complexity index is 1110. The summed E-state index contributed by atoms with van der Waals surface area (Å²) in [7, 11) is 0. The number of unbranched alkanes of at least 4 members (excludes halogenated alkanes) is 11. The lowest BCUT2D eigenvalue weighted by Gasteiger charge is -2.22. The van der Waals surface area contributed by atoms with Crippen molar-refractivity contribution in [1.82, 2.24) is 15.0 Å². The molecule has 0 saturated carbocycles. The summed E-state index contributed by atoms with van der Waals surface area (Å²) in [4.78, 5) is 14.3. The minimum absolute atomic E-state index is 0.0381. The molecule has 0 unspecified atom stereocenters. The van der Waals surface area contributed by atoms with Crippen molar-refractivity contribution in [2.45, 2.75) is 111 Å². The molecule has 0 saturated heterocycles. The summed E-state index contributed by atoms with van der Waals surface area (Å²) in [5.74, 6) is 0.961. The highest BCUT2D eigenvalue weighted by molar-refractivity contribution is 5.91. The lowest BCUT2D eigenvalue weighted by Crippen LogP contribution is -2.30. The van der Waals surface area contributed by atoms with E-state index in [2.05, 4.69) is 53.6 Å². The van der Waals surface area contributed by atoms with E-state index in [9.17, 15) is 4.79 Å². The number of anilines is 1. The van der Waals surface area contributed by atoms with Crippen LogP contribution in [0.5, 0.6) is 5.75 Å². The number of nitrogens with zero attached hydrogens (tertiary/aromatic N) is 4. The minimum Gasteiger partial charge on any atom is -0.494 e. The monoisotopic (exact) mass is 546 g/mol. The first kappa shape index (κ1) is 31.4. The van der Waals surface area contributed by atoms with E-state index in [1.807, 2.05) is 34.8 Å². The molecule has 0 aliphatic rings. The Morgan fingerprint density at radius 2 is 1.50 bits per heavy atom. The average Bonchev–Trinajstić information content (AvgIpc) is 3.36. The van der Waals surface area contributed by atoms with Crippen LogP contribution in [0.25, 0.3) is 0 Å². The van der Waals surface area contributed by atoms with Crippen molar-refractivity contribution >= 4 is 11.6 Å². The third kappa shape index (κ3) is 11.9. The zero-order valence-corrected chi connectivity index (χ0v) is 25.1. The number of carbonyl (C=O) groups is 1. The molecule has 1 amide bonds. The summed E-state index contributed by atoms with van der Waals surface area (Å²) < 4.78 is 7.79. The Hall–Kier alpha value is -3.15. The molecule has 0 radical (unpaired) electrons. The maximum atomic E-state index is 12.5. The second-order valence-corrected chi connectivity index (χ2v) is 11.0. The molecule has 3 aromatic rings. The van der Waals surface area contributed by atoms with Crippen molar-refractivity contribution < 1.29 is 9.53 Å². The summed E-state index contributed by atoms with van der Waals surface area (Å²) in [6.45, 7) is 7.86. The minimum atomic E-state index is 0.0381. The van der Waals surface area contributed by atoms with Gasteiger partial charge in [-0.15, -0.1) is 5.10 Å². The molecule has 40 heavy (non-hydrogen) atoms. The SMILES string of the molecule is CCCCCCCCCCCCCCOc1ccc(CCN(C(C)=O)c2cccc(Cn3cc(C)nn3)c2)cc1. The number of benzene rings is 2. The Morgan fingerprint density at radius 3 is 2.10 bits per heavy atom. The zero-order valence-electron chi connectivity index (χ0n) is 25.1. The lowest BCUT2D eigenvalue weighted by molar-refractivity contribution is -0.116. The maximum absolute atomic E-state index is 12.5. The molecule has 1 aromatic heterocycles. The van der Waals surface area contributed by atoms with Crippen LogP contribution in [0.1, 0.15) is 108 Å². The Balaban J connectivity index is 1.32. The summed E-state index contributed by atoms with van der Waals surface area (Å²) in [5, 5.41) is 8.19. The predicted molar refractivity (Wildman–Crippen MR) is 165 cm³/mol. The average molecular weight is 547 g/mol. The Kier molecular flexibility index (Phi) is 14.3. The van der Waals surface area contributed by atoms with Crippen LogP contribution in [0.2, 0.25) is 0 Å². The largest absolute Gasteiger partial charge is 0.494 e. The highest BCUT2D eigenvalue weighted by Crippen LogP contribution is 2.20. The number of hydrogen-bond donors (Lipinski definition) is 0. The molecular weight excluding hydrogens is 496 g/mol. The van der Waals surface area contributed by atoms with Crippen LogP contribution in [-0.4, -0.2) is 34.1 Å². The molecule has 0 aliphatic heterocycles. The van der Waals surface area contributed by atoms with Crippen molar-refractivity contribution in [2.24, 2.45) is 0 Å². The third-order valence-corrected chi connectivity index (χ3v) is 7.41. The molecular formula is C34H50N4O2. The van der Waals surface area contributed by atoms with Gasteiger partial charge in [-0.25, -0.2) is 4.68 Å². The van der Waals surface area contributed by atoms with Crippen LogP contribution >= 0.6 is 0 Å². The highest BCUT2D eigenvalue weighted by atomic mass is 16.5. The standard InChI is InChI=1S/C34H50N4O2/c1-4-5-6-7-8-9-10-11-12-13-14-15-25-40-34-21-19-31(20-22-34)23-24-38(30(3)39)33-18-16-17-32(26-33)28-37-27-29(2)35-36-37/h16-22,26-27H,4-15,23-25,28H2,1-3H3. The van der Waals surface area contributed by atoms with Crippen molar-refractivity contribution in [1.29, 1.82) is 0 Å².